The van der Waals surface area contributed by atoms with Crippen molar-refractivity contribution >= 4 is 0 Å². The number of benzene rings is 1. The molecule has 1 heterocycles. The lowest BCUT2D eigenvalue weighted by Gasteiger charge is -2.10. The van der Waals surface area contributed by atoms with Gasteiger partial charge in [-0.2, -0.15) is 0 Å². The normalized spacial score (nSPS) is 10.9. The van der Waals surface area contributed by atoms with E-state index in [2.05, 4.69) is 24.1 Å². The van der Waals surface area contributed by atoms with E-state index >= 15 is 0 Å². The van der Waals surface area contributed by atoms with Crippen LogP contribution in [0.15, 0.2) is 42.6 Å². The molecule has 1 aromatic carbocycles. The summed E-state index contributed by atoms with van der Waals surface area (Å²) in [5, 5.41) is 3.24. The van der Waals surface area contributed by atoms with E-state index in [9.17, 15) is 4.39 Å². The van der Waals surface area contributed by atoms with Crippen LogP contribution >= 0.6 is 0 Å². The van der Waals surface area contributed by atoms with Crippen LogP contribution in [-0.4, -0.2) is 11.0 Å². The van der Waals surface area contributed by atoms with Gasteiger partial charge < -0.3 is 5.32 Å². The van der Waals surface area contributed by atoms with E-state index in [1.807, 2.05) is 30.3 Å². The van der Waals surface area contributed by atoms with Gasteiger partial charge in [0.2, 0.25) is 0 Å². The molecule has 0 saturated carbocycles. The van der Waals surface area contributed by atoms with Gasteiger partial charge in [-0.25, -0.2) is 4.39 Å². The average molecular weight is 258 g/mol. The lowest BCUT2D eigenvalue weighted by atomic mass is 10.1. The van der Waals surface area contributed by atoms with Crippen molar-refractivity contribution in [1.82, 2.24) is 10.3 Å². The highest BCUT2D eigenvalue weighted by Gasteiger charge is 2.05. The van der Waals surface area contributed by atoms with Gasteiger partial charge in [0.15, 0.2) is 0 Å². The van der Waals surface area contributed by atoms with Crippen LogP contribution in [0, 0.1) is 5.82 Å². The van der Waals surface area contributed by atoms with E-state index in [1.165, 1.54) is 6.07 Å². The van der Waals surface area contributed by atoms with Gasteiger partial charge >= 0.3 is 0 Å². The third-order valence-corrected chi connectivity index (χ3v) is 2.92. The van der Waals surface area contributed by atoms with Crippen LogP contribution in [0.1, 0.15) is 30.7 Å². The second-order valence-corrected chi connectivity index (χ2v) is 4.96. The predicted octanol–water partition coefficient (Wildman–Crippen LogP) is 3.31. The van der Waals surface area contributed by atoms with E-state index in [-0.39, 0.29) is 5.82 Å². The van der Waals surface area contributed by atoms with Crippen molar-refractivity contribution in [2.75, 3.05) is 0 Å². The van der Waals surface area contributed by atoms with Crippen LogP contribution in [0.4, 0.5) is 4.39 Å². The van der Waals surface area contributed by atoms with Crippen molar-refractivity contribution in [3.05, 3.63) is 65.2 Å². The van der Waals surface area contributed by atoms with Crippen molar-refractivity contribution in [3.8, 4) is 0 Å². The summed E-state index contributed by atoms with van der Waals surface area (Å²) in [5.74, 6) is -0.155. The zero-order valence-corrected chi connectivity index (χ0v) is 11.4. The average Bonchev–Trinajstić information content (AvgIpc) is 2.40. The number of hydrogen-bond donors (Lipinski definition) is 1. The number of pyridine rings is 1. The Morgan fingerprint density at radius 1 is 1.21 bits per heavy atom. The minimum atomic E-state index is -0.155. The largest absolute Gasteiger partial charge is 0.310 e. The van der Waals surface area contributed by atoms with Gasteiger partial charge in [-0.05, 0) is 23.8 Å². The summed E-state index contributed by atoms with van der Waals surface area (Å²) >= 11 is 0. The molecular formula is C16H19FN2. The van der Waals surface area contributed by atoms with Crippen LogP contribution in [0.3, 0.4) is 0 Å². The molecule has 0 bridgehead atoms. The standard InChI is InChI=1S/C16H19FN2/c1-12(2)19-11-14-9-13(6-7-16(14)17)10-15-5-3-4-8-18-15/h3-9,12,19H,10-11H2,1-2H3. The molecule has 0 amide bonds. The second-order valence-electron chi connectivity index (χ2n) is 4.96. The zero-order valence-electron chi connectivity index (χ0n) is 11.4. The maximum absolute atomic E-state index is 13.7. The predicted molar refractivity (Wildman–Crippen MR) is 75.4 cm³/mol. The molecule has 0 unspecified atom stereocenters. The fourth-order valence-electron chi connectivity index (χ4n) is 1.90. The minimum absolute atomic E-state index is 0.155. The Morgan fingerprint density at radius 2 is 2.05 bits per heavy atom. The van der Waals surface area contributed by atoms with Gasteiger partial charge in [0, 0.05) is 36.5 Å². The molecule has 2 aromatic rings. The first-order valence-electron chi connectivity index (χ1n) is 6.56. The van der Waals surface area contributed by atoms with Gasteiger partial charge in [0.1, 0.15) is 5.82 Å². The molecule has 0 radical (unpaired) electrons. The van der Waals surface area contributed by atoms with Gasteiger partial charge in [0.25, 0.3) is 0 Å². The molecule has 1 aromatic heterocycles. The molecule has 2 rings (SSSR count). The topological polar surface area (TPSA) is 24.9 Å². The molecule has 0 aliphatic rings. The zero-order chi connectivity index (χ0) is 13.7. The molecule has 0 spiro atoms. The van der Waals surface area contributed by atoms with Crippen LogP contribution in [0.5, 0.6) is 0 Å². The van der Waals surface area contributed by atoms with E-state index < -0.39 is 0 Å². The SMILES string of the molecule is CC(C)NCc1cc(Cc2ccccn2)ccc1F. The van der Waals surface area contributed by atoms with Crippen molar-refractivity contribution in [3.63, 3.8) is 0 Å². The highest BCUT2D eigenvalue weighted by Crippen LogP contribution is 2.13. The number of hydrogen-bond acceptors (Lipinski definition) is 2. The lowest BCUT2D eigenvalue weighted by Crippen LogP contribution is -2.22. The molecule has 19 heavy (non-hydrogen) atoms. The summed E-state index contributed by atoms with van der Waals surface area (Å²) in [6.07, 6.45) is 2.51. The Morgan fingerprint density at radius 3 is 2.74 bits per heavy atom. The van der Waals surface area contributed by atoms with Gasteiger partial charge in [0.05, 0.1) is 0 Å². The Balaban J connectivity index is 2.12. The van der Waals surface area contributed by atoms with Gasteiger partial charge in [-0.1, -0.05) is 32.0 Å². The van der Waals surface area contributed by atoms with E-state index in [4.69, 9.17) is 0 Å². The Kier molecular flexibility index (Phi) is 4.63. The Labute approximate surface area is 113 Å². The summed E-state index contributed by atoms with van der Waals surface area (Å²) in [7, 11) is 0. The molecular weight excluding hydrogens is 239 g/mol. The first-order valence-corrected chi connectivity index (χ1v) is 6.56. The first kappa shape index (κ1) is 13.7. The summed E-state index contributed by atoms with van der Waals surface area (Å²) in [6.45, 7) is 4.66. The van der Waals surface area contributed by atoms with Crippen LogP contribution < -0.4 is 5.32 Å². The third-order valence-electron chi connectivity index (χ3n) is 2.92. The quantitative estimate of drug-likeness (QED) is 0.890. The lowest BCUT2D eigenvalue weighted by molar-refractivity contribution is 0.552. The highest BCUT2D eigenvalue weighted by molar-refractivity contribution is 5.28. The van der Waals surface area contributed by atoms with Crippen molar-refractivity contribution in [2.24, 2.45) is 0 Å². The number of nitrogens with one attached hydrogen (secondary N) is 1. The molecule has 1 N–H and O–H groups in total. The maximum Gasteiger partial charge on any atom is 0.127 e. The third kappa shape index (κ3) is 4.14. The minimum Gasteiger partial charge on any atom is -0.310 e. The van der Waals surface area contributed by atoms with Crippen molar-refractivity contribution < 1.29 is 4.39 Å². The summed E-state index contributed by atoms with van der Waals surface area (Å²) in [6, 6.07) is 11.5. The van der Waals surface area contributed by atoms with Crippen molar-refractivity contribution in [2.45, 2.75) is 32.9 Å². The molecule has 100 valence electrons. The molecule has 3 heteroatoms. The number of aromatic nitrogens is 1. The highest BCUT2D eigenvalue weighted by atomic mass is 19.1. The summed E-state index contributed by atoms with van der Waals surface area (Å²) in [5.41, 5.74) is 2.79. The Hall–Kier alpha value is -1.74. The molecule has 0 aliphatic carbocycles. The van der Waals surface area contributed by atoms with E-state index in [1.54, 1.807) is 6.20 Å². The molecule has 2 nitrogen and oxygen atoms in total. The number of nitrogens with zero attached hydrogens (tertiary/aromatic N) is 1. The molecule has 0 fully saturated rings. The van der Waals surface area contributed by atoms with Crippen molar-refractivity contribution in [1.29, 1.82) is 0 Å². The van der Waals surface area contributed by atoms with E-state index in [0.29, 0.717) is 18.2 Å². The fourth-order valence-corrected chi connectivity index (χ4v) is 1.90. The monoisotopic (exact) mass is 258 g/mol. The molecule has 0 atom stereocenters. The van der Waals surface area contributed by atoms with E-state index in [0.717, 1.165) is 17.7 Å². The molecule has 0 aliphatic heterocycles. The van der Waals surface area contributed by atoms with Crippen LogP contribution in [0.2, 0.25) is 0 Å². The second kappa shape index (κ2) is 6.43. The molecule has 0 saturated heterocycles. The first-order chi connectivity index (χ1) is 9.15. The Bertz CT molecular complexity index is 524. The number of rotatable bonds is 5. The smallest absolute Gasteiger partial charge is 0.127 e. The van der Waals surface area contributed by atoms with Gasteiger partial charge in [-0.15, -0.1) is 0 Å². The van der Waals surface area contributed by atoms with Crippen LogP contribution in [-0.2, 0) is 13.0 Å². The van der Waals surface area contributed by atoms with Crippen LogP contribution in [0.25, 0.3) is 0 Å². The summed E-state index contributed by atoms with van der Waals surface area (Å²) < 4.78 is 13.7. The number of halogens is 1. The fraction of sp³-hybridized carbons (Fsp3) is 0.312. The summed E-state index contributed by atoms with van der Waals surface area (Å²) in [4.78, 5) is 4.29. The van der Waals surface area contributed by atoms with Gasteiger partial charge in [-0.3, -0.25) is 4.98 Å². The maximum atomic E-state index is 13.7.